The van der Waals surface area contributed by atoms with Gasteiger partial charge in [-0.05, 0) is 0 Å². The van der Waals surface area contributed by atoms with Crippen molar-refractivity contribution in [2.45, 2.75) is 0 Å². The van der Waals surface area contributed by atoms with Crippen molar-refractivity contribution in [2.24, 2.45) is 0 Å². The van der Waals surface area contributed by atoms with E-state index in [9.17, 15) is 0 Å². The second-order valence-electron chi connectivity index (χ2n) is 0.183. The van der Waals surface area contributed by atoms with E-state index in [-0.39, 0.29) is 57.2 Å². The van der Waals surface area contributed by atoms with E-state index in [1.165, 1.54) is 0 Å². The third-order valence-corrected chi connectivity index (χ3v) is 0. The number of aliphatic hydroxyl groups excluding tert-OH is 2. The first-order valence-electron chi connectivity index (χ1n) is 0.855. The Morgan fingerprint density at radius 2 is 1.00 bits per heavy atom. The molecule has 0 rings (SSSR count). The largest absolute Gasteiger partial charge is 2.00 e. The molecular formula is C2H4CaO4Zn. The smallest absolute Gasteiger partial charge is 2.00 e. The van der Waals surface area contributed by atoms with Crippen LogP contribution in [0.25, 0.3) is 0 Å². The zero-order valence-corrected chi connectivity index (χ0v) is 6.39. The van der Waals surface area contributed by atoms with Gasteiger partial charge in [0.2, 0.25) is 0 Å². The van der Waals surface area contributed by atoms with E-state index >= 15 is 0 Å². The van der Waals surface area contributed by atoms with Gasteiger partial charge in [0.05, 0.1) is 0 Å². The molecule has 0 unspecified atom stereocenters. The van der Waals surface area contributed by atoms with Crippen LogP contribution in [0.15, 0.2) is 0 Å². The van der Waals surface area contributed by atoms with Gasteiger partial charge in [-0.3, -0.25) is 0 Å². The fraction of sp³-hybridized carbons (Fsp3) is 0. The molecule has 0 aliphatic heterocycles. The first-order valence-corrected chi connectivity index (χ1v) is 0.855. The van der Waals surface area contributed by atoms with E-state index < -0.39 is 0 Å². The van der Waals surface area contributed by atoms with Crippen molar-refractivity contribution in [3.8, 4) is 0 Å². The minimum atomic E-state index is 0. The second kappa shape index (κ2) is 45.7. The molecule has 0 atom stereocenters. The van der Waals surface area contributed by atoms with Crippen molar-refractivity contribution >= 4 is 50.7 Å². The molecule has 2 N–H and O–H groups in total. The molecule has 0 aromatic heterocycles. The maximum atomic E-state index is 8.24. The Morgan fingerprint density at radius 1 is 1.00 bits per heavy atom. The Balaban J connectivity index is -0.0000000160. The molecule has 0 fully saturated rings. The van der Waals surface area contributed by atoms with Crippen LogP contribution in [0.1, 0.15) is 0 Å². The SMILES string of the molecule is O=[C-]O.O=[C-]O.[CaH2].[Zn+2]. The van der Waals surface area contributed by atoms with Gasteiger partial charge in [-0.1, -0.05) is 12.9 Å². The van der Waals surface area contributed by atoms with Crippen LogP contribution in [0, 0.1) is 0 Å². The topological polar surface area (TPSA) is 74.6 Å². The molecule has 0 saturated heterocycles. The number of hydrogen-bond donors (Lipinski definition) is 2. The van der Waals surface area contributed by atoms with Gasteiger partial charge in [-0.2, -0.15) is 0 Å². The molecule has 0 aromatic carbocycles. The second-order valence-corrected chi connectivity index (χ2v) is 0.183. The predicted octanol–water partition coefficient (Wildman–Crippen LogP) is -1.70. The molecule has 0 heterocycles. The summed E-state index contributed by atoms with van der Waals surface area (Å²) in [4.78, 5) is 16.5. The summed E-state index contributed by atoms with van der Waals surface area (Å²) >= 11 is 0. The van der Waals surface area contributed by atoms with E-state index in [4.69, 9.17) is 19.8 Å². The maximum Gasteiger partial charge on any atom is 2.00 e. The molecule has 4 nitrogen and oxygen atoms in total. The van der Waals surface area contributed by atoms with Crippen molar-refractivity contribution in [1.29, 1.82) is 0 Å². The summed E-state index contributed by atoms with van der Waals surface area (Å²) in [6.07, 6.45) is 0. The van der Waals surface area contributed by atoms with Crippen LogP contribution in [-0.2, 0) is 29.1 Å². The fourth-order valence-electron chi connectivity index (χ4n) is 0. The minimum absolute atomic E-state index is 0. The van der Waals surface area contributed by atoms with Crippen LogP contribution < -0.4 is 0 Å². The summed E-state index contributed by atoms with van der Waals surface area (Å²) in [7, 11) is 0. The van der Waals surface area contributed by atoms with Crippen molar-refractivity contribution in [3.63, 3.8) is 0 Å². The number of rotatable bonds is 0. The van der Waals surface area contributed by atoms with Gasteiger partial charge < -0.3 is 19.8 Å². The molecule has 0 bridgehead atoms. The molecule has 0 aliphatic carbocycles. The Kier molecular flexibility index (Phi) is 133. The van der Waals surface area contributed by atoms with Crippen molar-refractivity contribution in [2.75, 3.05) is 0 Å². The van der Waals surface area contributed by atoms with Crippen LogP contribution in [0.4, 0.5) is 0 Å². The maximum absolute atomic E-state index is 8.24. The zero-order chi connectivity index (χ0) is 5.41. The van der Waals surface area contributed by atoms with Crippen LogP contribution >= 0.6 is 0 Å². The summed E-state index contributed by atoms with van der Waals surface area (Å²) in [6.45, 7) is 1.00. The average molecular weight is 198 g/mol. The monoisotopic (exact) mass is 196 g/mol. The van der Waals surface area contributed by atoms with Crippen LogP contribution in [0.5, 0.6) is 0 Å². The van der Waals surface area contributed by atoms with E-state index in [0.717, 1.165) is 0 Å². The van der Waals surface area contributed by atoms with E-state index in [1.54, 1.807) is 0 Å². The Hall–Kier alpha value is 0.823. The van der Waals surface area contributed by atoms with Crippen molar-refractivity contribution < 1.29 is 39.3 Å². The molecule has 40 valence electrons. The summed E-state index contributed by atoms with van der Waals surface area (Å²) in [5, 5.41) is 13.5. The van der Waals surface area contributed by atoms with Crippen LogP contribution in [0.3, 0.4) is 0 Å². The van der Waals surface area contributed by atoms with Gasteiger partial charge in [-0.25, -0.2) is 0 Å². The summed E-state index contributed by atoms with van der Waals surface area (Å²) in [6, 6.07) is 0. The number of hydrogen-bond acceptors (Lipinski definition) is 2. The average Bonchev–Trinajstić information content (AvgIpc) is 1.39. The third-order valence-electron chi connectivity index (χ3n) is 0. The van der Waals surface area contributed by atoms with Crippen LogP contribution in [-0.4, -0.2) is 60.9 Å². The molecule has 0 aliphatic rings. The molecule has 6 heteroatoms. The Morgan fingerprint density at radius 3 is 1.00 bits per heavy atom. The van der Waals surface area contributed by atoms with Gasteiger partial charge in [0.25, 0.3) is 0 Å². The summed E-state index contributed by atoms with van der Waals surface area (Å²) in [5.41, 5.74) is 0. The molecular weight excluding hydrogens is 193 g/mol. The standard InChI is InChI=1S/2CHO2.Ca.Zn.2H/c2*2-1-3;;;;/h2*(H,2,3);;;;/q2*-1;;+2;;. The molecule has 0 spiro atoms. The van der Waals surface area contributed by atoms with E-state index in [0.29, 0.717) is 12.9 Å². The predicted molar refractivity (Wildman–Crippen MR) is 25.2 cm³/mol. The van der Waals surface area contributed by atoms with Crippen molar-refractivity contribution in [3.05, 3.63) is 0 Å². The molecule has 0 aromatic rings. The first-order chi connectivity index (χ1) is 2.83. The summed E-state index contributed by atoms with van der Waals surface area (Å²) < 4.78 is 0. The van der Waals surface area contributed by atoms with E-state index in [2.05, 4.69) is 0 Å². The van der Waals surface area contributed by atoms with Gasteiger partial charge in [-0.15, -0.1) is 0 Å². The fourth-order valence-corrected chi connectivity index (χ4v) is 0. The minimum Gasteiger partial charge on any atom is 2.00 e. The van der Waals surface area contributed by atoms with Gasteiger partial charge in [0.1, 0.15) is 0 Å². The molecule has 0 radical (unpaired) electrons. The molecule has 0 amide bonds. The summed E-state index contributed by atoms with van der Waals surface area (Å²) in [5.74, 6) is 0. The Bertz CT molecular complexity index is 35.0. The van der Waals surface area contributed by atoms with Gasteiger partial charge in [0.15, 0.2) is 0 Å². The molecule has 0 saturated carbocycles. The van der Waals surface area contributed by atoms with Crippen LogP contribution in [0.2, 0.25) is 0 Å². The third kappa shape index (κ3) is 341. The van der Waals surface area contributed by atoms with E-state index in [1.807, 2.05) is 0 Å². The zero-order valence-electron chi connectivity index (χ0n) is 3.42. The van der Waals surface area contributed by atoms with Gasteiger partial charge >= 0.3 is 57.2 Å². The van der Waals surface area contributed by atoms with Gasteiger partial charge in [0, 0.05) is 0 Å². The van der Waals surface area contributed by atoms with Crippen molar-refractivity contribution in [1.82, 2.24) is 0 Å². The normalized spacial score (nSPS) is 3.00. The molecule has 8 heavy (non-hydrogen) atoms. The first kappa shape index (κ1) is 23.2. The quantitative estimate of drug-likeness (QED) is 0.359. The Labute approximate surface area is 89.0 Å².